The molecule has 3 rings (SSSR count). The van der Waals surface area contributed by atoms with E-state index in [4.69, 9.17) is 16.3 Å². The SMILES string of the molecule is CC[C@@H]1CCc2sc(C(=O)OCC(=O)NNC(=O)c3ccc(Cl)cc3)cc2C1. The number of hydrazine groups is 1. The number of hydrogen-bond acceptors (Lipinski definition) is 5. The van der Waals surface area contributed by atoms with Crippen molar-refractivity contribution in [3.8, 4) is 0 Å². The highest BCUT2D eigenvalue weighted by Gasteiger charge is 2.23. The van der Waals surface area contributed by atoms with Crippen molar-refractivity contribution in [1.82, 2.24) is 10.9 Å². The van der Waals surface area contributed by atoms with Crippen LogP contribution in [0.3, 0.4) is 0 Å². The van der Waals surface area contributed by atoms with Crippen molar-refractivity contribution in [2.45, 2.75) is 32.6 Å². The Morgan fingerprint density at radius 3 is 2.68 bits per heavy atom. The molecule has 0 fully saturated rings. The molecule has 0 radical (unpaired) electrons. The maximum Gasteiger partial charge on any atom is 0.348 e. The maximum atomic E-state index is 12.2. The number of amides is 2. The summed E-state index contributed by atoms with van der Waals surface area (Å²) in [5, 5.41) is 0.507. The summed E-state index contributed by atoms with van der Waals surface area (Å²) in [7, 11) is 0. The van der Waals surface area contributed by atoms with Gasteiger partial charge in [0, 0.05) is 15.5 Å². The number of carbonyl (C=O) groups is 3. The molecule has 1 aliphatic rings. The van der Waals surface area contributed by atoms with Crippen molar-refractivity contribution in [3.05, 3.63) is 56.2 Å². The zero-order chi connectivity index (χ0) is 20.1. The van der Waals surface area contributed by atoms with Crippen molar-refractivity contribution >= 4 is 40.7 Å². The molecule has 8 heteroatoms. The number of aryl methyl sites for hydroxylation is 1. The van der Waals surface area contributed by atoms with Gasteiger partial charge in [0.05, 0.1) is 0 Å². The molecule has 2 aromatic rings. The van der Waals surface area contributed by atoms with Crippen molar-refractivity contribution < 1.29 is 19.1 Å². The second-order valence-corrected chi connectivity index (χ2v) is 8.23. The first kappa shape index (κ1) is 20.4. The minimum absolute atomic E-state index is 0.344. The number of carbonyl (C=O) groups excluding carboxylic acids is 3. The molecule has 1 aliphatic carbocycles. The van der Waals surface area contributed by atoms with E-state index in [1.165, 1.54) is 33.9 Å². The molecule has 2 N–H and O–H groups in total. The number of esters is 1. The third kappa shape index (κ3) is 5.11. The molecule has 1 aromatic heterocycles. The minimum atomic E-state index is -0.622. The van der Waals surface area contributed by atoms with Gasteiger partial charge in [-0.3, -0.25) is 20.4 Å². The summed E-state index contributed by atoms with van der Waals surface area (Å²) in [5.74, 6) is -0.969. The van der Waals surface area contributed by atoms with E-state index in [0.717, 1.165) is 25.7 Å². The standard InChI is InChI=1S/C20H21ClN2O4S/c1-2-12-3-8-16-14(9-12)10-17(28-16)20(26)27-11-18(24)22-23-19(25)13-4-6-15(21)7-5-13/h4-7,10,12H,2-3,8-9,11H2,1H3,(H,22,24)(H,23,25)/t12-/m1/s1. The van der Waals surface area contributed by atoms with E-state index < -0.39 is 24.4 Å². The zero-order valence-electron chi connectivity index (χ0n) is 15.4. The molecule has 6 nitrogen and oxygen atoms in total. The molecule has 28 heavy (non-hydrogen) atoms. The van der Waals surface area contributed by atoms with Crippen LogP contribution in [-0.4, -0.2) is 24.4 Å². The molecule has 2 amide bonds. The number of hydrogen-bond donors (Lipinski definition) is 2. The van der Waals surface area contributed by atoms with Crippen LogP contribution in [0.4, 0.5) is 0 Å². The summed E-state index contributed by atoms with van der Waals surface area (Å²) in [5.41, 5.74) is 6.04. The minimum Gasteiger partial charge on any atom is -0.451 e. The molecule has 0 saturated heterocycles. The van der Waals surface area contributed by atoms with Crippen molar-refractivity contribution in [2.24, 2.45) is 5.92 Å². The first-order valence-corrected chi connectivity index (χ1v) is 10.3. The average Bonchev–Trinajstić information content (AvgIpc) is 3.14. The van der Waals surface area contributed by atoms with Gasteiger partial charge in [0.15, 0.2) is 6.61 Å². The highest BCUT2D eigenvalue weighted by atomic mass is 35.5. The van der Waals surface area contributed by atoms with Crippen LogP contribution in [0.1, 0.15) is 50.2 Å². The van der Waals surface area contributed by atoms with E-state index in [-0.39, 0.29) is 0 Å². The lowest BCUT2D eigenvalue weighted by molar-refractivity contribution is -0.125. The number of nitrogens with one attached hydrogen (secondary N) is 2. The Bertz CT molecular complexity index is 879. The third-order valence-electron chi connectivity index (χ3n) is 4.72. The first-order valence-electron chi connectivity index (χ1n) is 9.09. The van der Waals surface area contributed by atoms with Gasteiger partial charge in [0.2, 0.25) is 0 Å². The largest absolute Gasteiger partial charge is 0.451 e. The van der Waals surface area contributed by atoms with Crippen LogP contribution in [-0.2, 0) is 22.4 Å². The average molecular weight is 421 g/mol. The van der Waals surface area contributed by atoms with Gasteiger partial charge in [-0.2, -0.15) is 0 Å². The van der Waals surface area contributed by atoms with Crippen molar-refractivity contribution in [3.63, 3.8) is 0 Å². The maximum absolute atomic E-state index is 12.2. The number of halogens is 1. The fourth-order valence-electron chi connectivity index (χ4n) is 3.09. The number of rotatable bonds is 5. The number of benzene rings is 1. The second-order valence-electron chi connectivity index (χ2n) is 6.66. The number of thiophene rings is 1. The summed E-state index contributed by atoms with van der Waals surface area (Å²) < 4.78 is 5.07. The van der Waals surface area contributed by atoms with Crippen LogP contribution >= 0.6 is 22.9 Å². The van der Waals surface area contributed by atoms with E-state index in [9.17, 15) is 14.4 Å². The summed E-state index contributed by atoms with van der Waals surface area (Å²) in [6.45, 7) is 1.71. The van der Waals surface area contributed by atoms with Crippen molar-refractivity contribution in [2.75, 3.05) is 6.61 Å². The fraction of sp³-hybridized carbons (Fsp3) is 0.350. The Labute approximate surface area is 172 Å². The summed E-state index contributed by atoms with van der Waals surface area (Å²) >= 11 is 7.20. The van der Waals surface area contributed by atoms with Crippen LogP contribution in [0.25, 0.3) is 0 Å². The summed E-state index contributed by atoms with van der Waals surface area (Å²) in [6.07, 6.45) is 4.26. The molecule has 0 bridgehead atoms. The number of fused-ring (bicyclic) bond motifs is 1. The molecule has 0 aliphatic heterocycles. The lowest BCUT2D eigenvalue weighted by Gasteiger charge is -2.19. The predicted octanol–water partition coefficient (Wildman–Crippen LogP) is 3.53. The Kier molecular flexibility index (Phi) is 6.70. The summed E-state index contributed by atoms with van der Waals surface area (Å²) in [6, 6.07) is 8.09. The molecular weight excluding hydrogens is 400 g/mol. The highest BCUT2D eigenvalue weighted by Crippen LogP contribution is 2.33. The second kappa shape index (κ2) is 9.21. The number of ether oxygens (including phenoxy) is 1. The van der Waals surface area contributed by atoms with E-state index in [0.29, 0.717) is 21.4 Å². The Balaban J connectivity index is 1.45. The lowest BCUT2D eigenvalue weighted by Crippen LogP contribution is -2.43. The molecule has 0 saturated carbocycles. The van der Waals surface area contributed by atoms with Gasteiger partial charge in [-0.15, -0.1) is 11.3 Å². The van der Waals surface area contributed by atoms with Gasteiger partial charge in [-0.05, 0) is 61.1 Å². The van der Waals surface area contributed by atoms with Gasteiger partial charge in [0.25, 0.3) is 11.8 Å². The van der Waals surface area contributed by atoms with Gasteiger partial charge >= 0.3 is 5.97 Å². The molecular formula is C20H21ClN2O4S. The molecule has 1 aromatic carbocycles. The first-order chi connectivity index (χ1) is 13.5. The zero-order valence-corrected chi connectivity index (χ0v) is 17.0. The monoisotopic (exact) mass is 420 g/mol. The molecule has 1 atom stereocenters. The van der Waals surface area contributed by atoms with Crippen LogP contribution in [0.15, 0.2) is 30.3 Å². The van der Waals surface area contributed by atoms with Gasteiger partial charge < -0.3 is 4.74 Å². The smallest absolute Gasteiger partial charge is 0.348 e. The van der Waals surface area contributed by atoms with Gasteiger partial charge in [-0.25, -0.2) is 4.79 Å². The molecule has 0 spiro atoms. The normalized spacial score (nSPS) is 15.4. The van der Waals surface area contributed by atoms with E-state index in [1.54, 1.807) is 12.1 Å². The Hall–Kier alpha value is -2.38. The van der Waals surface area contributed by atoms with Crippen LogP contribution in [0.2, 0.25) is 5.02 Å². The summed E-state index contributed by atoms with van der Waals surface area (Å²) in [4.78, 5) is 37.7. The van der Waals surface area contributed by atoms with E-state index in [2.05, 4.69) is 17.8 Å². The Morgan fingerprint density at radius 1 is 1.21 bits per heavy atom. The molecule has 0 unspecified atom stereocenters. The molecule has 148 valence electrons. The van der Waals surface area contributed by atoms with Gasteiger partial charge in [-0.1, -0.05) is 24.9 Å². The van der Waals surface area contributed by atoms with E-state index in [1.807, 2.05) is 6.07 Å². The van der Waals surface area contributed by atoms with Crippen LogP contribution < -0.4 is 10.9 Å². The predicted molar refractivity (Wildman–Crippen MR) is 107 cm³/mol. The van der Waals surface area contributed by atoms with Crippen LogP contribution in [0.5, 0.6) is 0 Å². The fourth-order valence-corrected chi connectivity index (χ4v) is 4.31. The van der Waals surface area contributed by atoms with Gasteiger partial charge in [0.1, 0.15) is 4.88 Å². The lowest BCUT2D eigenvalue weighted by atomic mass is 9.87. The third-order valence-corrected chi connectivity index (χ3v) is 6.19. The quantitative estimate of drug-likeness (QED) is 0.572. The van der Waals surface area contributed by atoms with Crippen LogP contribution in [0, 0.1) is 5.92 Å². The van der Waals surface area contributed by atoms with E-state index >= 15 is 0 Å². The highest BCUT2D eigenvalue weighted by molar-refractivity contribution is 7.14. The Morgan fingerprint density at radius 2 is 1.96 bits per heavy atom. The van der Waals surface area contributed by atoms with Crippen molar-refractivity contribution in [1.29, 1.82) is 0 Å². The topological polar surface area (TPSA) is 84.5 Å². The molecule has 1 heterocycles.